The van der Waals surface area contributed by atoms with Crippen LogP contribution in [0.4, 0.5) is 13.2 Å². The van der Waals surface area contributed by atoms with Gasteiger partial charge in [-0.25, -0.2) is 4.98 Å². The molecule has 0 fully saturated rings. The van der Waals surface area contributed by atoms with Gasteiger partial charge in [-0.2, -0.15) is 18.4 Å². The van der Waals surface area contributed by atoms with Gasteiger partial charge in [0, 0.05) is 11.8 Å². The number of pyridine rings is 1. The Hall–Kier alpha value is -1.48. The van der Waals surface area contributed by atoms with E-state index in [0.717, 1.165) is 6.07 Å². The van der Waals surface area contributed by atoms with Gasteiger partial charge in [0.2, 0.25) is 0 Å². The van der Waals surface area contributed by atoms with Crippen molar-refractivity contribution in [2.24, 2.45) is 0 Å². The SMILES string of the molecule is N#Cc1ncc(C(F)(F)F)cc1-c1cc(Cl)c(Cl)c(Cl)c1. The highest BCUT2D eigenvalue weighted by Gasteiger charge is 2.32. The molecule has 0 unspecified atom stereocenters. The predicted molar refractivity (Wildman–Crippen MR) is 74.4 cm³/mol. The maximum atomic E-state index is 12.7. The highest BCUT2D eigenvalue weighted by molar-refractivity contribution is 6.48. The molecule has 1 aromatic heterocycles. The predicted octanol–water partition coefficient (Wildman–Crippen LogP) is 5.60. The lowest BCUT2D eigenvalue weighted by molar-refractivity contribution is -0.137. The third-order valence-corrected chi connectivity index (χ3v) is 3.81. The molecule has 0 atom stereocenters. The monoisotopic (exact) mass is 350 g/mol. The zero-order valence-electron chi connectivity index (χ0n) is 9.97. The standard InChI is InChI=1S/C13H4Cl3F3N2/c14-9-1-6(2-10(15)12(9)16)8-3-7(13(17,18)19)5-21-11(8)4-20/h1-3,5H. The van der Waals surface area contributed by atoms with E-state index >= 15 is 0 Å². The summed E-state index contributed by atoms with van der Waals surface area (Å²) in [5, 5.41) is 9.20. The fourth-order valence-corrected chi connectivity index (χ4v) is 2.24. The van der Waals surface area contributed by atoms with E-state index in [4.69, 9.17) is 40.1 Å². The lowest BCUT2D eigenvalue weighted by Gasteiger charge is -2.11. The Bertz CT molecular complexity index is 728. The number of aromatic nitrogens is 1. The Morgan fingerprint density at radius 3 is 2.10 bits per heavy atom. The molecule has 0 aliphatic carbocycles. The van der Waals surface area contributed by atoms with Crippen LogP contribution in [0.1, 0.15) is 11.3 Å². The van der Waals surface area contributed by atoms with Crippen LogP contribution in [0.25, 0.3) is 11.1 Å². The minimum atomic E-state index is -4.57. The Morgan fingerprint density at radius 2 is 1.62 bits per heavy atom. The van der Waals surface area contributed by atoms with Gasteiger partial charge in [-0.15, -0.1) is 0 Å². The van der Waals surface area contributed by atoms with Gasteiger partial charge in [0.1, 0.15) is 11.8 Å². The molecule has 0 aliphatic rings. The molecule has 108 valence electrons. The maximum absolute atomic E-state index is 12.7. The zero-order valence-corrected chi connectivity index (χ0v) is 12.2. The number of halogens is 6. The van der Waals surface area contributed by atoms with Crippen molar-refractivity contribution in [2.75, 3.05) is 0 Å². The van der Waals surface area contributed by atoms with Gasteiger partial charge < -0.3 is 0 Å². The van der Waals surface area contributed by atoms with Crippen LogP contribution in [0.2, 0.25) is 15.1 Å². The topological polar surface area (TPSA) is 36.7 Å². The van der Waals surface area contributed by atoms with Crippen LogP contribution in [-0.4, -0.2) is 4.98 Å². The van der Waals surface area contributed by atoms with Crippen LogP contribution in [0, 0.1) is 11.3 Å². The van der Waals surface area contributed by atoms with Crippen LogP contribution in [0.3, 0.4) is 0 Å². The highest BCUT2D eigenvalue weighted by atomic mass is 35.5. The van der Waals surface area contributed by atoms with Gasteiger partial charge >= 0.3 is 6.18 Å². The van der Waals surface area contributed by atoms with Crippen LogP contribution in [0.15, 0.2) is 24.4 Å². The summed E-state index contributed by atoms with van der Waals surface area (Å²) in [5.74, 6) is 0. The van der Waals surface area contributed by atoms with E-state index in [0.29, 0.717) is 6.20 Å². The summed E-state index contributed by atoms with van der Waals surface area (Å²) in [6.45, 7) is 0. The maximum Gasteiger partial charge on any atom is 0.417 e. The molecule has 2 aromatic rings. The number of rotatable bonds is 1. The highest BCUT2D eigenvalue weighted by Crippen LogP contribution is 2.37. The van der Waals surface area contributed by atoms with Crippen LogP contribution >= 0.6 is 34.8 Å². The molecule has 0 saturated carbocycles. The van der Waals surface area contributed by atoms with Crippen molar-refractivity contribution in [1.82, 2.24) is 4.98 Å². The minimum Gasteiger partial charge on any atom is -0.244 e. The molecule has 0 N–H and O–H groups in total. The van der Waals surface area contributed by atoms with Crippen molar-refractivity contribution in [3.63, 3.8) is 0 Å². The van der Waals surface area contributed by atoms with Gasteiger partial charge in [-0.05, 0) is 23.8 Å². The van der Waals surface area contributed by atoms with Crippen molar-refractivity contribution in [3.05, 3.63) is 50.7 Å². The van der Waals surface area contributed by atoms with E-state index in [-0.39, 0.29) is 31.9 Å². The molecule has 2 nitrogen and oxygen atoms in total. The summed E-state index contributed by atoms with van der Waals surface area (Å²) in [7, 11) is 0. The van der Waals surface area contributed by atoms with Gasteiger partial charge in [0.25, 0.3) is 0 Å². The number of hydrogen-bond acceptors (Lipinski definition) is 2. The van der Waals surface area contributed by atoms with Crippen molar-refractivity contribution in [1.29, 1.82) is 5.26 Å². The second-order valence-electron chi connectivity index (χ2n) is 3.98. The van der Waals surface area contributed by atoms with E-state index in [2.05, 4.69) is 4.98 Å². The normalized spacial score (nSPS) is 11.3. The minimum absolute atomic E-state index is 0.0206. The first-order chi connectivity index (χ1) is 9.74. The largest absolute Gasteiger partial charge is 0.417 e. The Labute approximate surface area is 132 Å². The fraction of sp³-hybridized carbons (Fsp3) is 0.0769. The summed E-state index contributed by atoms with van der Waals surface area (Å²) in [5.41, 5.74) is -0.937. The summed E-state index contributed by atoms with van der Waals surface area (Å²) in [6, 6.07) is 5.20. The first-order valence-electron chi connectivity index (χ1n) is 5.36. The van der Waals surface area contributed by atoms with Gasteiger partial charge in [0.15, 0.2) is 0 Å². The second kappa shape index (κ2) is 5.72. The lowest BCUT2D eigenvalue weighted by Crippen LogP contribution is -2.06. The molecular weight excluding hydrogens is 348 g/mol. The first kappa shape index (κ1) is 15.9. The van der Waals surface area contributed by atoms with E-state index in [1.54, 1.807) is 6.07 Å². The van der Waals surface area contributed by atoms with Crippen molar-refractivity contribution < 1.29 is 13.2 Å². The van der Waals surface area contributed by atoms with E-state index in [1.165, 1.54) is 12.1 Å². The zero-order chi connectivity index (χ0) is 15.8. The molecule has 0 bridgehead atoms. The Balaban J connectivity index is 2.70. The molecule has 1 heterocycles. The smallest absolute Gasteiger partial charge is 0.244 e. The van der Waals surface area contributed by atoms with Crippen LogP contribution < -0.4 is 0 Å². The number of nitrogens with zero attached hydrogens (tertiary/aromatic N) is 2. The van der Waals surface area contributed by atoms with E-state index < -0.39 is 11.7 Å². The molecule has 0 aliphatic heterocycles. The van der Waals surface area contributed by atoms with E-state index in [9.17, 15) is 13.2 Å². The molecular formula is C13H4Cl3F3N2. The average Bonchev–Trinajstić information content (AvgIpc) is 2.42. The second-order valence-corrected chi connectivity index (χ2v) is 5.18. The molecule has 8 heteroatoms. The van der Waals surface area contributed by atoms with Crippen LogP contribution in [-0.2, 0) is 6.18 Å². The summed E-state index contributed by atoms with van der Waals surface area (Å²) in [6.07, 6.45) is -3.98. The fourth-order valence-electron chi connectivity index (χ4n) is 1.64. The van der Waals surface area contributed by atoms with Gasteiger partial charge in [-0.3, -0.25) is 0 Å². The molecule has 0 spiro atoms. The van der Waals surface area contributed by atoms with Gasteiger partial charge in [-0.1, -0.05) is 34.8 Å². The Kier molecular flexibility index (Phi) is 4.33. The van der Waals surface area contributed by atoms with Crippen LogP contribution in [0.5, 0.6) is 0 Å². The number of alkyl halides is 3. The summed E-state index contributed by atoms with van der Waals surface area (Å²) < 4.78 is 38.2. The van der Waals surface area contributed by atoms with E-state index in [1.807, 2.05) is 0 Å². The summed E-state index contributed by atoms with van der Waals surface area (Å²) >= 11 is 17.5. The third kappa shape index (κ3) is 3.24. The molecule has 2 rings (SSSR count). The number of benzene rings is 1. The third-order valence-electron chi connectivity index (χ3n) is 2.62. The quantitative estimate of drug-likeness (QED) is 0.627. The first-order valence-corrected chi connectivity index (χ1v) is 6.49. The molecule has 0 saturated heterocycles. The molecule has 0 radical (unpaired) electrons. The number of nitriles is 1. The molecule has 21 heavy (non-hydrogen) atoms. The van der Waals surface area contributed by atoms with Crippen molar-refractivity contribution >= 4 is 34.8 Å². The van der Waals surface area contributed by atoms with Crippen molar-refractivity contribution in [3.8, 4) is 17.2 Å². The Morgan fingerprint density at radius 1 is 1.05 bits per heavy atom. The molecule has 0 amide bonds. The van der Waals surface area contributed by atoms with Crippen molar-refractivity contribution in [2.45, 2.75) is 6.18 Å². The average molecular weight is 352 g/mol. The van der Waals surface area contributed by atoms with Gasteiger partial charge in [0.05, 0.1) is 20.6 Å². The summed E-state index contributed by atoms with van der Waals surface area (Å²) in [4.78, 5) is 3.52. The number of hydrogen-bond donors (Lipinski definition) is 0. The molecule has 1 aromatic carbocycles. The lowest BCUT2D eigenvalue weighted by atomic mass is 10.0.